The van der Waals surface area contributed by atoms with Crippen molar-refractivity contribution in [1.82, 2.24) is 0 Å². The summed E-state index contributed by atoms with van der Waals surface area (Å²) in [6.45, 7) is 0. The molecule has 30 heavy (non-hydrogen) atoms. The predicted molar refractivity (Wildman–Crippen MR) is 116 cm³/mol. The van der Waals surface area contributed by atoms with E-state index in [1.54, 1.807) is 0 Å². The molecule has 1 amide bonds. The lowest BCUT2D eigenvalue weighted by atomic mass is 9.44. The summed E-state index contributed by atoms with van der Waals surface area (Å²) < 4.78 is 5.16. The van der Waals surface area contributed by atoms with Gasteiger partial charge < -0.3 is 4.74 Å². The van der Waals surface area contributed by atoms with Crippen molar-refractivity contribution < 1.29 is 14.3 Å². The van der Waals surface area contributed by atoms with Crippen LogP contribution in [0.4, 0.5) is 0 Å². The fourth-order valence-corrected chi connectivity index (χ4v) is 6.84. The minimum absolute atomic E-state index is 0.104. The molecule has 6 rings (SSSR count). The zero-order valence-electron chi connectivity index (χ0n) is 17.5. The molecule has 154 valence electrons. The maximum Gasteiger partial charge on any atom is 0.521 e. The Morgan fingerprint density at radius 3 is 2.50 bits per heavy atom. The minimum Gasteiger partial charge on any atom is -0.469 e. The summed E-state index contributed by atoms with van der Waals surface area (Å²) in [6, 6.07) is 11.1. The van der Waals surface area contributed by atoms with Crippen LogP contribution in [0.1, 0.15) is 62.5 Å². The first kappa shape index (κ1) is 19.3. The zero-order valence-corrected chi connectivity index (χ0v) is 17.5. The Balaban J connectivity index is 1.45. The van der Waals surface area contributed by atoms with E-state index in [0.29, 0.717) is 18.3 Å². The molecule has 0 N–H and O–H groups in total. The lowest BCUT2D eigenvalue weighted by Crippen LogP contribution is -2.57. The second kappa shape index (κ2) is 7.23. The van der Waals surface area contributed by atoms with Gasteiger partial charge in [0, 0.05) is 10.4 Å². The summed E-state index contributed by atoms with van der Waals surface area (Å²) in [6.07, 6.45) is 13.8. The number of esters is 1. The molecule has 4 heteroatoms. The van der Waals surface area contributed by atoms with Crippen LogP contribution in [0, 0.1) is 28.7 Å². The fourth-order valence-electron chi connectivity index (χ4n) is 6.84. The predicted octanol–water partition coefficient (Wildman–Crippen LogP) is 5.39. The topological polar surface area (TPSA) is 47.7 Å². The summed E-state index contributed by atoms with van der Waals surface area (Å²) in [5, 5.41) is 0. The summed E-state index contributed by atoms with van der Waals surface area (Å²) in [5.41, 5.74) is 2.05. The molecule has 0 radical (unpaired) electrons. The SMILES string of the molecule is COC(=O)C12CC3CC(CC(C(=O)[N+]#Cc4ccccc4C4=CCCC=C4)(C3)C1)C2. The highest BCUT2D eigenvalue weighted by molar-refractivity contribution is 5.94. The second-order valence-electron chi connectivity index (χ2n) is 9.73. The van der Waals surface area contributed by atoms with E-state index in [1.165, 1.54) is 7.11 Å². The fraction of sp³-hybridized carbons (Fsp3) is 0.500. The molecule has 1 aromatic carbocycles. The lowest BCUT2D eigenvalue weighted by Gasteiger charge is -2.57. The number of carbonyl (C=O) groups excluding carboxylic acids is 2. The van der Waals surface area contributed by atoms with Crippen LogP contribution in [0.25, 0.3) is 10.4 Å². The summed E-state index contributed by atoms with van der Waals surface area (Å²) in [7, 11) is 1.46. The van der Waals surface area contributed by atoms with Gasteiger partial charge in [0.25, 0.3) is 0 Å². The number of hydrogen-bond acceptors (Lipinski definition) is 3. The Kier molecular flexibility index (Phi) is 4.65. The normalized spacial score (nSPS) is 33.4. The first-order valence-corrected chi connectivity index (χ1v) is 11.1. The van der Waals surface area contributed by atoms with E-state index in [4.69, 9.17) is 4.74 Å². The zero-order chi connectivity index (χ0) is 20.8. The van der Waals surface area contributed by atoms with Gasteiger partial charge in [-0.3, -0.25) is 4.79 Å². The van der Waals surface area contributed by atoms with E-state index in [9.17, 15) is 9.59 Å². The molecule has 0 heterocycles. The number of hydrogen-bond donors (Lipinski definition) is 0. The highest BCUT2D eigenvalue weighted by atomic mass is 16.5. The quantitative estimate of drug-likeness (QED) is 0.637. The van der Waals surface area contributed by atoms with Crippen molar-refractivity contribution in [2.24, 2.45) is 22.7 Å². The molecule has 2 atom stereocenters. The molecule has 0 aromatic heterocycles. The van der Waals surface area contributed by atoms with E-state index in [2.05, 4.69) is 35.2 Å². The van der Waals surface area contributed by atoms with Gasteiger partial charge in [-0.2, -0.15) is 4.79 Å². The van der Waals surface area contributed by atoms with Crippen LogP contribution < -0.4 is 0 Å². The van der Waals surface area contributed by atoms with Gasteiger partial charge in [0.1, 0.15) is 11.0 Å². The van der Waals surface area contributed by atoms with Gasteiger partial charge in [-0.1, -0.05) is 36.4 Å². The number of methoxy groups -OCH3 is 1. The minimum atomic E-state index is -0.524. The van der Waals surface area contributed by atoms with Gasteiger partial charge in [-0.25, -0.2) is 0 Å². The Bertz CT molecular complexity index is 1010. The molecule has 4 saturated carbocycles. The number of carbonyl (C=O) groups is 2. The van der Waals surface area contributed by atoms with Crippen LogP contribution in [0.3, 0.4) is 0 Å². The summed E-state index contributed by atoms with van der Waals surface area (Å²) in [4.78, 5) is 30.4. The van der Waals surface area contributed by atoms with E-state index in [1.807, 2.05) is 18.2 Å². The Morgan fingerprint density at radius 2 is 1.80 bits per heavy atom. The van der Waals surface area contributed by atoms with Crippen LogP contribution in [0.2, 0.25) is 0 Å². The van der Waals surface area contributed by atoms with Crippen molar-refractivity contribution >= 4 is 17.4 Å². The van der Waals surface area contributed by atoms with Crippen LogP contribution >= 0.6 is 0 Å². The largest absolute Gasteiger partial charge is 0.521 e. The van der Waals surface area contributed by atoms with Crippen molar-refractivity contribution in [2.45, 2.75) is 51.4 Å². The molecular weight excluding hydrogens is 374 g/mol. The molecule has 0 aliphatic heterocycles. The molecule has 2 unspecified atom stereocenters. The number of nitrogens with zero attached hydrogens (tertiary/aromatic N) is 1. The van der Waals surface area contributed by atoms with E-state index >= 15 is 0 Å². The molecule has 0 saturated heterocycles. The van der Waals surface area contributed by atoms with Gasteiger partial charge in [0.2, 0.25) is 0 Å². The van der Waals surface area contributed by atoms with Gasteiger partial charge in [-0.15, -0.1) is 0 Å². The average molecular weight is 403 g/mol. The highest BCUT2D eigenvalue weighted by Crippen LogP contribution is 2.66. The van der Waals surface area contributed by atoms with Crippen molar-refractivity contribution in [2.75, 3.05) is 7.11 Å². The third-order valence-electron chi connectivity index (χ3n) is 7.64. The number of amides is 1. The number of allylic oxidation sites excluding steroid dienone is 4. The van der Waals surface area contributed by atoms with Crippen LogP contribution in [-0.2, 0) is 14.3 Å². The Morgan fingerprint density at radius 1 is 1.07 bits per heavy atom. The Hall–Kier alpha value is -2.67. The van der Waals surface area contributed by atoms with Crippen LogP contribution in [-0.4, -0.2) is 19.0 Å². The van der Waals surface area contributed by atoms with E-state index < -0.39 is 10.8 Å². The standard InChI is InChI=1S/C26H28NO3/c1-30-24(29)26-14-18-11-19(15-26)13-25(12-18,17-26)23(28)27-16-21-9-5-6-10-22(21)20-7-3-2-4-8-20/h3,5-10,18-19H,2,4,11-15,17H2,1H3/q+1. The summed E-state index contributed by atoms with van der Waals surface area (Å²) >= 11 is 0. The maximum absolute atomic E-state index is 13.4. The average Bonchev–Trinajstić information content (AvgIpc) is 2.76. The van der Waals surface area contributed by atoms with Gasteiger partial charge in [-0.05, 0) is 74.8 Å². The van der Waals surface area contributed by atoms with Crippen molar-refractivity contribution in [3.63, 3.8) is 0 Å². The van der Waals surface area contributed by atoms with Gasteiger partial charge in [0.15, 0.2) is 0 Å². The first-order chi connectivity index (χ1) is 14.5. The number of benzene rings is 1. The molecule has 1 aromatic rings. The van der Waals surface area contributed by atoms with E-state index in [-0.39, 0.29) is 11.9 Å². The lowest BCUT2D eigenvalue weighted by molar-refractivity contribution is -0.179. The van der Waals surface area contributed by atoms with Crippen molar-refractivity contribution in [1.29, 1.82) is 0 Å². The van der Waals surface area contributed by atoms with Crippen molar-refractivity contribution in [3.05, 3.63) is 58.5 Å². The van der Waals surface area contributed by atoms with Crippen LogP contribution in [0.5, 0.6) is 0 Å². The molecule has 0 spiro atoms. The summed E-state index contributed by atoms with van der Waals surface area (Å²) in [5.74, 6) is 0.611. The van der Waals surface area contributed by atoms with Crippen molar-refractivity contribution in [3.8, 4) is 6.07 Å². The third kappa shape index (κ3) is 3.12. The van der Waals surface area contributed by atoms with Gasteiger partial charge in [0.05, 0.1) is 12.5 Å². The maximum atomic E-state index is 13.4. The van der Waals surface area contributed by atoms with E-state index in [0.717, 1.165) is 61.6 Å². The second-order valence-corrected chi connectivity index (χ2v) is 9.73. The number of ether oxygens (including phenoxy) is 1. The first-order valence-electron chi connectivity index (χ1n) is 11.1. The Labute approximate surface area is 177 Å². The van der Waals surface area contributed by atoms with Crippen LogP contribution in [0.15, 0.2) is 42.5 Å². The highest BCUT2D eigenvalue weighted by Gasteiger charge is 2.66. The molecule has 4 bridgehead atoms. The number of rotatable bonds is 3. The van der Waals surface area contributed by atoms with Gasteiger partial charge >= 0.3 is 17.9 Å². The molecule has 4 nitrogen and oxygen atoms in total. The monoisotopic (exact) mass is 402 g/mol. The smallest absolute Gasteiger partial charge is 0.469 e. The third-order valence-corrected chi connectivity index (χ3v) is 7.64. The molecular formula is C26H28NO3+. The molecule has 4 fully saturated rings. The molecule has 5 aliphatic carbocycles. The molecule has 5 aliphatic rings.